The summed E-state index contributed by atoms with van der Waals surface area (Å²) in [5.74, 6) is -0.249. The van der Waals surface area contributed by atoms with Crippen LogP contribution in [0.5, 0.6) is 0 Å². The fraction of sp³-hybridized carbons (Fsp3) is 0.892. The monoisotopic (exact) mass is 1120 g/mol. The topological polar surface area (TPSA) is 228 Å². The molecule has 14 nitrogen and oxygen atoms in total. The van der Waals surface area contributed by atoms with Crippen LogP contribution in [0.2, 0.25) is 0 Å². The Kier molecular flexibility index (Phi) is 47.0. The number of unbranched alkanes of at least 4 members (excludes halogenated alkanes) is 36. The van der Waals surface area contributed by atoms with Gasteiger partial charge in [0.15, 0.2) is 12.6 Å². The summed E-state index contributed by atoms with van der Waals surface area (Å²) >= 11 is 0. The van der Waals surface area contributed by atoms with Gasteiger partial charge in [-0.2, -0.15) is 0 Å². The Hall–Kier alpha value is -1.79. The second-order valence-corrected chi connectivity index (χ2v) is 23.2. The predicted molar refractivity (Wildman–Crippen MR) is 318 cm³/mol. The number of aliphatic hydroxyl groups excluding tert-OH is 8. The molecule has 0 aliphatic carbocycles. The highest BCUT2D eigenvalue weighted by molar-refractivity contribution is 5.76. The van der Waals surface area contributed by atoms with E-state index in [1.54, 1.807) is 6.08 Å². The van der Waals surface area contributed by atoms with E-state index in [2.05, 4.69) is 43.5 Å². The third-order valence-corrected chi connectivity index (χ3v) is 16.1. The molecule has 14 heteroatoms. The van der Waals surface area contributed by atoms with Crippen molar-refractivity contribution in [3.8, 4) is 0 Å². The van der Waals surface area contributed by atoms with E-state index in [0.717, 1.165) is 44.9 Å². The number of allylic oxidation sites excluding steroid dienone is 5. The van der Waals surface area contributed by atoms with E-state index in [0.29, 0.717) is 12.8 Å². The zero-order valence-corrected chi connectivity index (χ0v) is 50.1. The van der Waals surface area contributed by atoms with Gasteiger partial charge in [0, 0.05) is 6.42 Å². The fourth-order valence-corrected chi connectivity index (χ4v) is 10.8. The van der Waals surface area contributed by atoms with Gasteiger partial charge in [0.1, 0.15) is 48.8 Å². The molecule has 12 unspecified atom stereocenters. The molecule has 2 fully saturated rings. The van der Waals surface area contributed by atoms with Crippen molar-refractivity contribution in [3.63, 3.8) is 0 Å². The van der Waals surface area contributed by atoms with Crippen molar-refractivity contribution < 1.29 is 64.6 Å². The average molecular weight is 1120 g/mol. The molecule has 0 bridgehead atoms. The van der Waals surface area contributed by atoms with Gasteiger partial charge in [0.25, 0.3) is 0 Å². The quantitative estimate of drug-likeness (QED) is 0.0204. The van der Waals surface area contributed by atoms with Gasteiger partial charge in [-0.3, -0.25) is 4.79 Å². The Bertz CT molecular complexity index is 1460. The van der Waals surface area contributed by atoms with E-state index in [4.69, 9.17) is 18.9 Å². The van der Waals surface area contributed by atoms with Gasteiger partial charge in [0.05, 0.1) is 32.0 Å². The highest BCUT2D eigenvalue weighted by Gasteiger charge is 2.51. The molecule has 2 heterocycles. The van der Waals surface area contributed by atoms with Gasteiger partial charge >= 0.3 is 0 Å². The van der Waals surface area contributed by atoms with Crippen LogP contribution in [0.3, 0.4) is 0 Å². The Balaban J connectivity index is 1.74. The van der Waals surface area contributed by atoms with Crippen LogP contribution >= 0.6 is 0 Å². The van der Waals surface area contributed by atoms with Crippen LogP contribution in [-0.2, 0) is 23.7 Å². The van der Waals surface area contributed by atoms with Crippen molar-refractivity contribution in [2.24, 2.45) is 0 Å². The first-order valence-electron chi connectivity index (χ1n) is 32.7. The van der Waals surface area contributed by atoms with Crippen molar-refractivity contribution in [1.82, 2.24) is 5.32 Å². The standard InChI is InChI=1S/C65H121NO13/c1-3-5-7-9-11-13-15-17-19-21-23-24-25-26-27-28-29-30-31-32-34-36-38-40-42-44-46-48-54(69)53(66-57(70)49-47-45-43-41-39-37-35-33-22-20-18-16-14-12-10-8-6-4-2)52-76-64-62(75)60(73)63(56(51-68)78-64)79-65-61(74)59(72)58(71)55(50-67)77-65/h31-32,38,40,46,48,53-56,58-65,67-69,71-75H,3-30,33-37,39,41-45,47,49-52H2,1-2H3,(H,66,70)/b32-31+,40-38+,48-46+. The van der Waals surface area contributed by atoms with Crippen LogP contribution in [0.4, 0.5) is 0 Å². The first-order valence-corrected chi connectivity index (χ1v) is 32.7. The van der Waals surface area contributed by atoms with Crippen molar-refractivity contribution >= 4 is 5.91 Å². The Labute approximate surface area is 481 Å². The Morgan fingerprint density at radius 1 is 0.443 bits per heavy atom. The maximum atomic E-state index is 13.3. The van der Waals surface area contributed by atoms with Gasteiger partial charge in [-0.05, 0) is 44.9 Å². The molecule has 0 spiro atoms. The number of nitrogens with one attached hydrogen (secondary N) is 1. The van der Waals surface area contributed by atoms with Crippen LogP contribution in [0.1, 0.15) is 277 Å². The van der Waals surface area contributed by atoms with Crippen LogP contribution < -0.4 is 5.32 Å². The average Bonchev–Trinajstić information content (AvgIpc) is 3.47. The van der Waals surface area contributed by atoms with Crippen LogP contribution in [0.25, 0.3) is 0 Å². The van der Waals surface area contributed by atoms with E-state index in [1.165, 1.54) is 199 Å². The number of amides is 1. The summed E-state index contributed by atoms with van der Waals surface area (Å²) in [5, 5.41) is 87.2. The maximum absolute atomic E-state index is 13.3. The molecule has 464 valence electrons. The smallest absolute Gasteiger partial charge is 0.220 e. The molecule has 2 saturated heterocycles. The largest absolute Gasteiger partial charge is 0.394 e. The van der Waals surface area contributed by atoms with E-state index in [1.807, 2.05) is 6.08 Å². The van der Waals surface area contributed by atoms with E-state index in [-0.39, 0.29) is 18.9 Å². The maximum Gasteiger partial charge on any atom is 0.220 e. The summed E-state index contributed by atoms with van der Waals surface area (Å²) < 4.78 is 22.8. The molecule has 9 N–H and O–H groups in total. The summed E-state index contributed by atoms with van der Waals surface area (Å²) in [6, 6.07) is -0.936. The number of ether oxygens (including phenoxy) is 4. The number of hydrogen-bond acceptors (Lipinski definition) is 13. The molecule has 1 amide bonds. The Morgan fingerprint density at radius 2 is 0.810 bits per heavy atom. The third-order valence-electron chi connectivity index (χ3n) is 16.1. The predicted octanol–water partition coefficient (Wildman–Crippen LogP) is 12.2. The second-order valence-electron chi connectivity index (χ2n) is 23.2. The first kappa shape index (κ1) is 73.3. The number of aliphatic hydroxyl groups is 8. The molecule has 0 aromatic carbocycles. The van der Waals surface area contributed by atoms with Gasteiger partial charge < -0.3 is 65.1 Å². The minimum absolute atomic E-state index is 0.249. The summed E-state index contributed by atoms with van der Waals surface area (Å²) in [6.07, 6.45) is 46.3. The zero-order valence-electron chi connectivity index (χ0n) is 50.1. The van der Waals surface area contributed by atoms with Gasteiger partial charge in [0.2, 0.25) is 5.91 Å². The number of hydrogen-bond donors (Lipinski definition) is 9. The lowest BCUT2D eigenvalue weighted by molar-refractivity contribution is -0.359. The number of carbonyl (C=O) groups is 1. The lowest BCUT2D eigenvalue weighted by Gasteiger charge is -2.46. The zero-order chi connectivity index (χ0) is 57.4. The van der Waals surface area contributed by atoms with E-state index < -0.39 is 86.8 Å². The van der Waals surface area contributed by atoms with Crippen molar-refractivity contribution in [3.05, 3.63) is 36.5 Å². The molecule has 0 radical (unpaired) electrons. The first-order chi connectivity index (χ1) is 38.6. The van der Waals surface area contributed by atoms with Crippen LogP contribution in [-0.4, -0.2) is 140 Å². The van der Waals surface area contributed by atoms with E-state index >= 15 is 0 Å². The highest BCUT2D eigenvalue weighted by Crippen LogP contribution is 2.30. The lowest BCUT2D eigenvalue weighted by Crippen LogP contribution is -2.65. The summed E-state index contributed by atoms with van der Waals surface area (Å²) in [5.41, 5.74) is 0. The minimum Gasteiger partial charge on any atom is -0.394 e. The van der Waals surface area contributed by atoms with Gasteiger partial charge in [-0.15, -0.1) is 0 Å². The normalized spacial score (nSPS) is 24.6. The third kappa shape index (κ3) is 35.8. The Morgan fingerprint density at radius 3 is 1.24 bits per heavy atom. The minimum atomic E-state index is -1.79. The molecule has 12 atom stereocenters. The molecular weight excluding hydrogens is 1000 g/mol. The fourth-order valence-electron chi connectivity index (χ4n) is 10.8. The summed E-state index contributed by atoms with van der Waals surface area (Å²) in [6.45, 7) is 2.81. The molecule has 79 heavy (non-hydrogen) atoms. The second kappa shape index (κ2) is 50.7. The van der Waals surface area contributed by atoms with Crippen molar-refractivity contribution in [1.29, 1.82) is 0 Å². The highest BCUT2D eigenvalue weighted by atomic mass is 16.7. The molecular formula is C65H121NO13. The number of rotatable bonds is 53. The van der Waals surface area contributed by atoms with Gasteiger partial charge in [-0.1, -0.05) is 262 Å². The molecule has 0 saturated carbocycles. The van der Waals surface area contributed by atoms with E-state index in [9.17, 15) is 45.6 Å². The van der Waals surface area contributed by atoms with Crippen molar-refractivity contribution in [2.75, 3.05) is 19.8 Å². The molecule has 0 aromatic heterocycles. The lowest BCUT2D eigenvalue weighted by atomic mass is 9.97. The van der Waals surface area contributed by atoms with Crippen LogP contribution in [0.15, 0.2) is 36.5 Å². The molecule has 0 aromatic rings. The van der Waals surface area contributed by atoms with Gasteiger partial charge in [-0.25, -0.2) is 0 Å². The summed E-state index contributed by atoms with van der Waals surface area (Å²) in [7, 11) is 0. The molecule has 2 rings (SSSR count). The van der Waals surface area contributed by atoms with Crippen molar-refractivity contribution in [2.45, 2.75) is 351 Å². The molecule has 2 aliphatic rings. The SMILES string of the molecule is CCCCCCCCCCCCCCCCCCC/C=C/CC/C=C/CC/C=C/C(O)C(COC1OC(CO)C(OC2OC(CO)C(O)C(O)C2O)C(O)C1O)NC(=O)CCCCCCCCCCCCCCCCCCCC. The number of carbonyl (C=O) groups excluding carboxylic acids is 1. The summed E-state index contributed by atoms with van der Waals surface area (Å²) in [4.78, 5) is 13.3. The van der Waals surface area contributed by atoms with Crippen LogP contribution in [0, 0.1) is 0 Å². The molecule has 2 aliphatic heterocycles.